The fourth-order valence-electron chi connectivity index (χ4n) is 2.52. The zero-order valence-corrected chi connectivity index (χ0v) is 16.3. The summed E-state index contributed by atoms with van der Waals surface area (Å²) < 4.78 is 6.60. The van der Waals surface area contributed by atoms with Crippen LogP contribution in [0.15, 0.2) is 22.9 Å². The second kappa shape index (κ2) is 8.92. The van der Waals surface area contributed by atoms with Crippen molar-refractivity contribution in [1.29, 1.82) is 0 Å². The molecule has 6 heteroatoms. The Balaban J connectivity index is 1.60. The molecule has 0 saturated carbocycles. The van der Waals surface area contributed by atoms with Gasteiger partial charge in [0, 0.05) is 25.9 Å². The molecule has 1 aliphatic rings. The molecule has 24 heavy (non-hydrogen) atoms. The molecule has 1 aliphatic heterocycles. The SMILES string of the molecule is CC(C)(C)C(=O)ON1CCC(CCOCc2ccnc(Br)c2)CC1. The van der Waals surface area contributed by atoms with Crippen LogP contribution in [0.3, 0.4) is 0 Å². The Labute approximate surface area is 152 Å². The minimum atomic E-state index is -0.452. The van der Waals surface area contributed by atoms with Crippen molar-refractivity contribution in [2.24, 2.45) is 11.3 Å². The Bertz CT molecular complexity index is 537. The zero-order valence-electron chi connectivity index (χ0n) is 14.8. The standard InChI is InChI=1S/C18H27BrN2O3/c1-18(2,3)17(22)24-21-9-5-14(6-10-21)7-11-23-13-15-4-8-20-16(19)12-15/h4,8,12,14H,5-7,9-11,13H2,1-3H3. The summed E-state index contributed by atoms with van der Waals surface area (Å²) in [4.78, 5) is 21.4. The number of rotatable bonds is 6. The average molecular weight is 399 g/mol. The van der Waals surface area contributed by atoms with Crippen LogP contribution in [-0.2, 0) is 21.0 Å². The number of halogens is 1. The summed E-state index contributed by atoms with van der Waals surface area (Å²) in [5.41, 5.74) is 0.674. The fourth-order valence-corrected chi connectivity index (χ4v) is 2.93. The molecule has 5 nitrogen and oxygen atoms in total. The average Bonchev–Trinajstić information content (AvgIpc) is 2.52. The lowest BCUT2D eigenvalue weighted by atomic mass is 9.95. The summed E-state index contributed by atoms with van der Waals surface area (Å²) in [7, 11) is 0. The molecule has 1 fully saturated rings. The lowest BCUT2D eigenvalue weighted by Crippen LogP contribution is -2.39. The van der Waals surface area contributed by atoms with E-state index in [9.17, 15) is 4.79 Å². The van der Waals surface area contributed by atoms with Crippen LogP contribution in [0, 0.1) is 11.3 Å². The lowest BCUT2D eigenvalue weighted by Gasteiger charge is -2.32. The molecule has 1 aromatic heterocycles. The van der Waals surface area contributed by atoms with Gasteiger partial charge in [-0.05, 0) is 79.6 Å². The van der Waals surface area contributed by atoms with E-state index in [1.807, 2.05) is 32.9 Å². The predicted molar refractivity (Wildman–Crippen MR) is 96.1 cm³/mol. The van der Waals surface area contributed by atoms with Gasteiger partial charge in [0.25, 0.3) is 0 Å². The molecule has 1 aromatic rings. The summed E-state index contributed by atoms with van der Waals surface area (Å²) in [5, 5.41) is 1.80. The Kier molecular flexibility index (Phi) is 7.19. The van der Waals surface area contributed by atoms with E-state index in [1.165, 1.54) is 0 Å². The number of carbonyl (C=O) groups excluding carboxylic acids is 1. The highest BCUT2D eigenvalue weighted by atomic mass is 79.9. The number of ether oxygens (including phenoxy) is 1. The summed E-state index contributed by atoms with van der Waals surface area (Å²) in [6, 6.07) is 3.94. The fraction of sp³-hybridized carbons (Fsp3) is 0.667. The predicted octanol–water partition coefficient (Wildman–Crippen LogP) is 3.97. The highest BCUT2D eigenvalue weighted by Gasteiger charge is 2.28. The van der Waals surface area contributed by atoms with Gasteiger partial charge < -0.3 is 9.57 Å². The lowest BCUT2D eigenvalue weighted by molar-refractivity contribution is -0.206. The van der Waals surface area contributed by atoms with Gasteiger partial charge >= 0.3 is 5.97 Å². The topological polar surface area (TPSA) is 51.7 Å². The van der Waals surface area contributed by atoms with Gasteiger partial charge in [-0.2, -0.15) is 0 Å². The first-order valence-corrected chi connectivity index (χ1v) is 9.29. The maximum atomic E-state index is 11.9. The number of pyridine rings is 1. The van der Waals surface area contributed by atoms with Gasteiger partial charge in [-0.15, -0.1) is 5.06 Å². The molecule has 2 heterocycles. The number of piperidine rings is 1. The first kappa shape index (κ1) is 19.3. The van der Waals surface area contributed by atoms with Crippen LogP contribution in [-0.4, -0.2) is 35.7 Å². The van der Waals surface area contributed by atoms with Crippen molar-refractivity contribution in [2.75, 3.05) is 19.7 Å². The van der Waals surface area contributed by atoms with Crippen LogP contribution in [0.2, 0.25) is 0 Å². The highest BCUT2D eigenvalue weighted by molar-refractivity contribution is 9.10. The van der Waals surface area contributed by atoms with Gasteiger partial charge in [-0.25, -0.2) is 9.78 Å². The molecule has 0 N–H and O–H groups in total. The van der Waals surface area contributed by atoms with Crippen LogP contribution < -0.4 is 0 Å². The second-order valence-corrected chi connectivity index (χ2v) is 8.14. The van der Waals surface area contributed by atoms with E-state index >= 15 is 0 Å². The van der Waals surface area contributed by atoms with E-state index in [2.05, 4.69) is 20.9 Å². The van der Waals surface area contributed by atoms with Crippen LogP contribution in [0.4, 0.5) is 0 Å². The van der Waals surface area contributed by atoms with Gasteiger partial charge in [0.2, 0.25) is 0 Å². The molecule has 0 aromatic carbocycles. The van der Waals surface area contributed by atoms with Gasteiger partial charge in [0.15, 0.2) is 0 Å². The summed E-state index contributed by atoms with van der Waals surface area (Å²) >= 11 is 3.36. The van der Waals surface area contributed by atoms with Gasteiger partial charge in [-0.1, -0.05) is 0 Å². The summed E-state index contributed by atoms with van der Waals surface area (Å²) in [6.07, 6.45) is 4.91. The molecule has 0 aliphatic carbocycles. The van der Waals surface area contributed by atoms with Crippen LogP contribution in [0.5, 0.6) is 0 Å². The Morgan fingerprint density at radius 1 is 1.38 bits per heavy atom. The van der Waals surface area contributed by atoms with E-state index in [4.69, 9.17) is 9.57 Å². The summed E-state index contributed by atoms with van der Waals surface area (Å²) in [5.74, 6) is 0.478. The van der Waals surface area contributed by atoms with E-state index in [0.29, 0.717) is 12.5 Å². The Hall–Kier alpha value is -0.980. The molecular weight excluding hydrogens is 372 g/mol. The molecule has 0 atom stereocenters. The third kappa shape index (κ3) is 6.49. The van der Waals surface area contributed by atoms with Crippen molar-refractivity contribution >= 4 is 21.9 Å². The van der Waals surface area contributed by atoms with Crippen LogP contribution in [0.25, 0.3) is 0 Å². The molecule has 134 valence electrons. The number of nitrogens with zero attached hydrogens (tertiary/aromatic N) is 2. The first-order chi connectivity index (χ1) is 11.3. The first-order valence-electron chi connectivity index (χ1n) is 8.50. The largest absolute Gasteiger partial charge is 0.377 e. The van der Waals surface area contributed by atoms with Gasteiger partial charge in [0.1, 0.15) is 4.60 Å². The number of hydroxylamine groups is 2. The van der Waals surface area contributed by atoms with Crippen molar-refractivity contribution in [2.45, 2.75) is 46.6 Å². The minimum absolute atomic E-state index is 0.159. The molecule has 0 spiro atoms. The van der Waals surface area contributed by atoms with Gasteiger partial charge in [-0.3, -0.25) is 0 Å². The van der Waals surface area contributed by atoms with Crippen molar-refractivity contribution in [3.05, 3.63) is 28.5 Å². The minimum Gasteiger partial charge on any atom is -0.377 e. The molecule has 0 radical (unpaired) electrons. The summed E-state index contributed by atoms with van der Waals surface area (Å²) in [6.45, 7) is 8.62. The zero-order chi connectivity index (χ0) is 17.6. The van der Waals surface area contributed by atoms with Crippen molar-refractivity contribution in [1.82, 2.24) is 10.0 Å². The van der Waals surface area contributed by atoms with Crippen LogP contribution in [0.1, 0.15) is 45.6 Å². The number of hydrogen-bond donors (Lipinski definition) is 0. The molecule has 2 rings (SSSR count). The number of aromatic nitrogens is 1. The number of carbonyl (C=O) groups is 1. The quantitative estimate of drug-likeness (QED) is 0.535. The van der Waals surface area contributed by atoms with Crippen molar-refractivity contribution in [3.63, 3.8) is 0 Å². The molecular formula is C18H27BrN2O3. The molecule has 0 unspecified atom stereocenters. The molecule has 0 amide bonds. The molecule has 0 bridgehead atoms. The van der Waals surface area contributed by atoms with Crippen molar-refractivity contribution in [3.8, 4) is 0 Å². The normalized spacial score (nSPS) is 17.0. The van der Waals surface area contributed by atoms with E-state index in [1.54, 1.807) is 11.3 Å². The Morgan fingerprint density at radius 3 is 2.71 bits per heavy atom. The molecule has 1 saturated heterocycles. The van der Waals surface area contributed by atoms with E-state index < -0.39 is 5.41 Å². The highest BCUT2D eigenvalue weighted by Crippen LogP contribution is 2.23. The smallest absolute Gasteiger partial charge is 0.330 e. The monoisotopic (exact) mass is 398 g/mol. The maximum Gasteiger partial charge on any atom is 0.330 e. The third-order valence-corrected chi connectivity index (χ3v) is 4.56. The van der Waals surface area contributed by atoms with Crippen molar-refractivity contribution < 1.29 is 14.4 Å². The third-order valence-electron chi connectivity index (χ3n) is 4.13. The maximum absolute atomic E-state index is 11.9. The van der Waals surface area contributed by atoms with E-state index in [0.717, 1.165) is 49.1 Å². The van der Waals surface area contributed by atoms with Crippen LogP contribution >= 0.6 is 15.9 Å². The van der Waals surface area contributed by atoms with Gasteiger partial charge in [0.05, 0.1) is 12.0 Å². The number of hydrogen-bond acceptors (Lipinski definition) is 5. The van der Waals surface area contributed by atoms with E-state index in [-0.39, 0.29) is 5.97 Å². The Morgan fingerprint density at radius 2 is 2.08 bits per heavy atom. The second-order valence-electron chi connectivity index (χ2n) is 7.33.